The topological polar surface area (TPSA) is 70.5 Å². The molecule has 0 amide bonds. The molecule has 4 nitrogen and oxygen atoms in total. The highest BCUT2D eigenvalue weighted by Gasteiger charge is 2.09. The zero-order valence-corrected chi connectivity index (χ0v) is 15.2. The molecule has 138 valence electrons. The fourth-order valence-electron chi connectivity index (χ4n) is 2.84. The normalized spacial score (nSPS) is 10.4. The summed E-state index contributed by atoms with van der Waals surface area (Å²) in [5.41, 5.74) is 15.3. The van der Waals surface area contributed by atoms with Crippen molar-refractivity contribution in [2.24, 2.45) is 0 Å². The van der Waals surface area contributed by atoms with Crippen molar-refractivity contribution in [3.63, 3.8) is 0 Å². The van der Waals surface area contributed by atoms with Gasteiger partial charge < -0.3 is 20.9 Å². The lowest BCUT2D eigenvalue weighted by molar-refractivity contribution is 0.484. The number of rotatable bonds is 5. The third-order valence-corrected chi connectivity index (χ3v) is 4.30. The molecule has 4 heteroatoms. The van der Waals surface area contributed by atoms with Gasteiger partial charge in [0, 0.05) is 0 Å². The van der Waals surface area contributed by atoms with Gasteiger partial charge in [0.1, 0.15) is 11.5 Å². The maximum Gasteiger partial charge on any atom is 0.150 e. The lowest BCUT2D eigenvalue weighted by Gasteiger charge is -2.13. The van der Waals surface area contributed by atoms with Gasteiger partial charge in [-0.15, -0.1) is 0 Å². The highest BCUT2D eigenvalue weighted by atomic mass is 16.5. The van der Waals surface area contributed by atoms with E-state index in [4.69, 9.17) is 20.9 Å². The molecule has 0 atom stereocenters. The maximum absolute atomic E-state index is 6.10. The van der Waals surface area contributed by atoms with Crippen LogP contribution in [0.3, 0.4) is 0 Å². The van der Waals surface area contributed by atoms with Gasteiger partial charge in [-0.1, -0.05) is 48.5 Å². The van der Waals surface area contributed by atoms with Crippen molar-refractivity contribution in [3.8, 4) is 34.1 Å². The Balaban J connectivity index is 1.65. The van der Waals surface area contributed by atoms with Crippen LogP contribution in [0.25, 0.3) is 11.1 Å². The molecule has 0 unspecified atom stereocenters. The van der Waals surface area contributed by atoms with Gasteiger partial charge in [-0.25, -0.2) is 0 Å². The summed E-state index contributed by atoms with van der Waals surface area (Å²) in [6.07, 6.45) is 0. The van der Waals surface area contributed by atoms with E-state index in [2.05, 4.69) is 0 Å². The van der Waals surface area contributed by atoms with E-state index in [1.54, 1.807) is 0 Å². The Kier molecular flexibility index (Phi) is 4.85. The molecule has 0 aliphatic carbocycles. The van der Waals surface area contributed by atoms with Crippen molar-refractivity contribution in [1.82, 2.24) is 0 Å². The van der Waals surface area contributed by atoms with E-state index in [1.165, 1.54) is 0 Å². The van der Waals surface area contributed by atoms with Gasteiger partial charge in [-0.2, -0.15) is 0 Å². The van der Waals surface area contributed by atoms with E-state index in [1.807, 2.05) is 97.1 Å². The number of anilines is 2. The van der Waals surface area contributed by atoms with Gasteiger partial charge in [0.25, 0.3) is 0 Å². The van der Waals surface area contributed by atoms with Crippen LogP contribution in [0.1, 0.15) is 0 Å². The first-order chi connectivity index (χ1) is 13.7. The van der Waals surface area contributed by atoms with Gasteiger partial charge in [0.2, 0.25) is 0 Å². The van der Waals surface area contributed by atoms with Crippen LogP contribution in [0, 0.1) is 0 Å². The summed E-state index contributed by atoms with van der Waals surface area (Å²) in [4.78, 5) is 0. The molecular weight excluding hydrogens is 348 g/mol. The number of para-hydroxylation sites is 2. The number of hydrogen-bond acceptors (Lipinski definition) is 4. The number of nitrogen functional groups attached to an aromatic ring is 2. The maximum atomic E-state index is 6.10. The van der Waals surface area contributed by atoms with Crippen molar-refractivity contribution < 1.29 is 9.47 Å². The number of nitrogens with two attached hydrogens (primary N) is 2. The SMILES string of the molecule is Nc1ccc(-c2ccc(N)c(Oc3ccccc3)c2)cc1Oc1ccccc1. The Morgan fingerprint density at radius 3 is 1.25 bits per heavy atom. The third kappa shape index (κ3) is 3.91. The van der Waals surface area contributed by atoms with Gasteiger partial charge in [0.05, 0.1) is 11.4 Å². The molecule has 0 spiro atoms. The summed E-state index contributed by atoms with van der Waals surface area (Å²) in [6, 6.07) is 30.5. The highest BCUT2D eigenvalue weighted by Crippen LogP contribution is 2.36. The molecule has 0 aliphatic rings. The average Bonchev–Trinajstić information content (AvgIpc) is 2.73. The Labute approximate surface area is 164 Å². The summed E-state index contributed by atoms with van der Waals surface area (Å²) in [6.45, 7) is 0. The average molecular weight is 368 g/mol. The van der Waals surface area contributed by atoms with Crippen molar-refractivity contribution in [1.29, 1.82) is 0 Å². The fourth-order valence-corrected chi connectivity index (χ4v) is 2.84. The molecule has 28 heavy (non-hydrogen) atoms. The van der Waals surface area contributed by atoms with E-state index < -0.39 is 0 Å². The number of benzene rings is 4. The van der Waals surface area contributed by atoms with Crippen molar-refractivity contribution in [2.45, 2.75) is 0 Å². The van der Waals surface area contributed by atoms with Crippen LogP contribution in [0.5, 0.6) is 23.0 Å². The molecule has 0 bridgehead atoms. The summed E-state index contributed by atoms with van der Waals surface area (Å²) in [7, 11) is 0. The van der Waals surface area contributed by atoms with Gasteiger partial charge in [-0.05, 0) is 59.7 Å². The van der Waals surface area contributed by atoms with Crippen LogP contribution < -0.4 is 20.9 Å². The molecule has 4 N–H and O–H groups in total. The molecule has 0 saturated carbocycles. The predicted molar refractivity (Wildman–Crippen MR) is 114 cm³/mol. The first-order valence-electron chi connectivity index (χ1n) is 8.94. The van der Waals surface area contributed by atoms with Gasteiger partial charge >= 0.3 is 0 Å². The molecule has 0 heterocycles. The second kappa shape index (κ2) is 7.76. The van der Waals surface area contributed by atoms with Crippen molar-refractivity contribution in [2.75, 3.05) is 11.5 Å². The van der Waals surface area contributed by atoms with Crippen LogP contribution in [0.4, 0.5) is 11.4 Å². The van der Waals surface area contributed by atoms with Crippen LogP contribution in [0.15, 0.2) is 97.1 Å². The van der Waals surface area contributed by atoms with E-state index in [-0.39, 0.29) is 0 Å². The second-order valence-electron chi connectivity index (χ2n) is 6.34. The molecule has 4 aromatic carbocycles. The summed E-state index contributed by atoms with van der Waals surface area (Å²) < 4.78 is 11.9. The smallest absolute Gasteiger partial charge is 0.150 e. The number of ether oxygens (including phenoxy) is 2. The molecule has 4 aromatic rings. The van der Waals surface area contributed by atoms with Crippen LogP contribution in [-0.4, -0.2) is 0 Å². The van der Waals surface area contributed by atoms with E-state index in [9.17, 15) is 0 Å². The monoisotopic (exact) mass is 368 g/mol. The van der Waals surface area contributed by atoms with Crippen LogP contribution in [0.2, 0.25) is 0 Å². The fraction of sp³-hybridized carbons (Fsp3) is 0. The Bertz CT molecular complexity index is 991. The zero-order valence-electron chi connectivity index (χ0n) is 15.2. The Morgan fingerprint density at radius 2 is 0.857 bits per heavy atom. The second-order valence-corrected chi connectivity index (χ2v) is 6.34. The largest absolute Gasteiger partial charge is 0.455 e. The first kappa shape index (κ1) is 17.5. The molecule has 0 fully saturated rings. The predicted octanol–water partition coefficient (Wildman–Crippen LogP) is 6.10. The minimum absolute atomic E-state index is 0.573. The van der Waals surface area contributed by atoms with Crippen LogP contribution in [-0.2, 0) is 0 Å². The van der Waals surface area contributed by atoms with Crippen molar-refractivity contribution in [3.05, 3.63) is 97.1 Å². The molecule has 4 rings (SSSR count). The molecule has 0 aliphatic heterocycles. The Hall–Kier alpha value is -3.92. The van der Waals surface area contributed by atoms with Crippen LogP contribution >= 0.6 is 0 Å². The van der Waals surface area contributed by atoms with Gasteiger partial charge in [-0.3, -0.25) is 0 Å². The third-order valence-electron chi connectivity index (χ3n) is 4.30. The highest BCUT2D eigenvalue weighted by molar-refractivity contribution is 5.74. The van der Waals surface area contributed by atoms with Crippen molar-refractivity contribution >= 4 is 11.4 Å². The Morgan fingerprint density at radius 1 is 0.464 bits per heavy atom. The molecule has 0 saturated heterocycles. The summed E-state index contributed by atoms with van der Waals surface area (Å²) >= 11 is 0. The number of hydrogen-bond donors (Lipinski definition) is 2. The van der Waals surface area contributed by atoms with E-state index in [0.717, 1.165) is 22.6 Å². The lowest BCUT2D eigenvalue weighted by atomic mass is 10.0. The van der Waals surface area contributed by atoms with E-state index in [0.29, 0.717) is 22.9 Å². The minimum Gasteiger partial charge on any atom is -0.455 e. The van der Waals surface area contributed by atoms with E-state index >= 15 is 0 Å². The molecular formula is C24H20N2O2. The molecule has 0 aromatic heterocycles. The quantitative estimate of drug-likeness (QED) is 0.417. The zero-order chi connectivity index (χ0) is 19.3. The summed E-state index contributed by atoms with van der Waals surface area (Å²) in [5.74, 6) is 2.67. The standard InChI is InChI=1S/C24H20N2O2/c25-21-13-11-17(15-23(21)27-19-7-3-1-4-8-19)18-12-14-22(26)24(16-18)28-20-9-5-2-6-10-20/h1-16H,25-26H2. The molecule has 0 radical (unpaired) electrons. The minimum atomic E-state index is 0.573. The summed E-state index contributed by atoms with van der Waals surface area (Å²) in [5, 5.41) is 0. The lowest BCUT2D eigenvalue weighted by Crippen LogP contribution is -1.94. The first-order valence-corrected chi connectivity index (χ1v) is 8.94. The van der Waals surface area contributed by atoms with Gasteiger partial charge in [0.15, 0.2) is 11.5 Å².